The Morgan fingerprint density at radius 3 is 2.24 bits per heavy atom. The van der Waals surface area contributed by atoms with E-state index >= 15 is 0 Å². The summed E-state index contributed by atoms with van der Waals surface area (Å²) in [5, 5.41) is 3.34. The minimum absolute atomic E-state index is 0.0827. The molecule has 0 unspecified atom stereocenters. The predicted molar refractivity (Wildman–Crippen MR) is 128 cm³/mol. The molecule has 0 aliphatic heterocycles. The lowest BCUT2D eigenvalue weighted by atomic mass is 10.1. The van der Waals surface area contributed by atoms with Gasteiger partial charge < -0.3 is 10.2 Å². The van der Waals surface area contributed by atoms with Gasteiger partial charge in [0.15, 0.2) is 0 Å². The molecule has 33 heavy (non-hydrogen) atoms. The topological polar surface area (TPSA) is 86.8 Å². The molecule has 10 heteroatoms. The molecule has 0 heterocycles. The number of nitrogens with one attached hydrogen (secondary N) is 1. The van der Waals surface area contributed by atoms with Gasteiger partial charge in [0, 0.05) is 18.1 Å². The van der Waals surface area contributed by atoms with Gasteiger partial charge in [-0.15, -0.1) is 0 Å². The number of anilines is 1. The molecule has 0 saturated heterocycles. The van der Waals surface area contributed by atoms with Crippen LogP contribution in [0.25, 0.3) is 0 Å². The van der Waals surface area contributed by atoms with Crippen LogP contribution in [0.1, 0.15) is 32.3 Å². The maximum absolute atomic E-state index is 13.3. The van der Waals surface area contributed by atoms with Crippen LogP contribution in [0.2, 0.25) is 5.02 Å². The Hall–Kier alpha value is -2.65. The van der Waals surface area contributed by atoms with E-state index in [0.717, 1.165) is 41.1 Å². The Kier molecular flexibility index (Phi) is 9.67. The summed E-state index contributed by atoms with van der Waals surface area (Å²) in [6.45, 7) is 3.62. The Morgan fingerprint density at radius 2 is 1.70 bits per heavy atom. The second kappa shape index (κ2) is 12.0. The first-order chi connectivity index (χ1) is 15.5. The molecule has 2 rings (SSSR count). The highest BCUT2D eigenvalue weighted by Crippen LogP contribution is 2.20. The van der Waals surface area contributed by atoms with E-state index in [1.807, 2.05) is 6.92 Å². The predicted octanol–water partition coefficient (Wildman–Crippen LogP) is 3.58. The molecule has 7 nitrogen and oxygen atoms in total. The zero-order chi connectivity index (χ0) is 24.6. The third kappa shape index (κ3) is 8.01. The first-order valence-electron chi connectivity index (χ1n) is 10.6. The van der Waals surface area contributed by atoms with Gasteiger partial charge >= 0.3 is 0 Å². The monoisotopic (exact) mass is 497 g/mol. The maximum atomic E-state index is 13.3. The number of benzene rings is 2. The van der Waals surface area contributed by atoms with Crippen molar-refractivity contribution in [2.75, 3.05) is 23.7 Å². The Bertz CT molecular complexity index is 1050. The highest BCUT2D eigenvalue weighted by molar-refractivity contribution is 7.92. The third-order valence-corrected chi connectivity index (χ3v) is 6.45. The molecule has 0 saturated carbocycles. The zero-order valence-corrected chi connectivity index (χ0v) is 20.5. The molecule has 0 aromatic heterocycles. The third-order valence-electron chi connectivity index (χ3n) is 5.06. The summed E-state index contributed by atoms with van der Waals surface area (Å²) >= 11 is 5.95. The zero-order valence-electron chi connectivity index (χ0n) is 18.9. The molecular weight excluding hydrogens is 469 g/mol. The van der Waals surface area contributed by atoms with E-state index in [4.69, 9.17) is 11.6 Å². The number of rotatable bonds is 11. The summed E-state index contributed by atoms with van der Waals surface area (Å²) in [5.74, 6) is -1.43. The van der Waals surface area contributed by atoms with E-state index in [-0.39, 0.29) is 18.1 Å². The van der Waals surface area contributed by atoms with E-state index in [2.05, 4.69) is 5.32 Å². The Morgan fingerprint density at radius 1 is 1.09 bits per heavy atom. The largest absolute Gasteiger partial charge is 0.354 e. The fourth-order valence-corrected chi connectivity index (χ4v) is 4.10. The molecule has 0 radical (unpaired) electrons. The van der Waals surface area contributed by atoms with Gasteiger partial charge in [0.1, 0.15) is 18.4 Å². The van der Waals surface area contributed by atoms with Crippen LogP contribution < -0.4 is 9.62 Å². The van der Waals surface area contributed by atoms with Crippen molar-refractivity contribution in [3.05, 3.63) is 64.9 Å². The van der Waals surface area contributed by atoms with Crippen molar-refractivity contribution in [2.45, 2.75) is 39.3 Å². The standard InChI is InChI=1S/C23H29ClFN3O4S/c1-4-5-14-26-23(30)17(2)27(15-18-6-8-19(24)9-7-18)22(29)16-28(33(3,31)32)21-12-10-20(25)11-13-21/h6-13,17H,4-5,14-16H2,1-3H3,(H,26,30)/t17-/m1/s1. The maximum Gasteiger partial charge on any atom is 0.244 e. The van der Waals surface area contributed by atoms with Crippen LogP contribution >= 0.6 is 11.6 Å². The first-order valence-corrected chi connectivity index (χ1v) is 12.8. The van der Waals surface area contributed by atoms with Crippen molar-refractivity contribution < 1.29 is 22.4 Å². The molecular formula is C23H29ClFN3O4S. The number of amides is 2. The van der Waals surface area contributed by atoms with Crippen molar-refractivity contribution in [1.29, 1.82) is 0 Å². The number of carbonyl (C=O) groups excluding carboxylic acids is 2. The summed E-state index contributed by atoms with van der Waals surface area (Å²) in [5.41, 5.74) is 0.882. The lowest BCUT2D eigenvalue weighted by Gasteiger charge is -2.31. The highest BCUT2D eigenvalue weighted by Gasteiger charge is 2.30. The van der Waals surface area contributed by atoms with Crippen molar-refractivity contribution in [3.8, 4) is 0 Å². The number of sulfonamides is 1. The molecule has 1 atom stereocenters. The molecule has 180 valence electrons. The number of halogens is 2. The molecule has 0 bridgehead atoms. The van der Waals surface area contributed by atoms with Crippen LogP contribution in [0.5, 0.6) is 0 Å². The quantitative estimate of drug-likeness (QED) is 0.481. The molecule has 2 aromatic rings. The number of unbranched alkanes of at least 4 members (excludes halogenated alkanes) is 1. The molecule has 0 aliphatic carbocycles. The van der Waals surface area contributed by atoms with Crippen LogP contribution in [0.15, 0.2) is 48.5 Å². The van der Waals surface area contributed by atoms with E-state index in [1.54, 1.807) is 31.2 Å². The van der Waals surface area contributed by atoms with Gasteiger partial charge in [0.05, 0.1) is 11.9 Å². The van der Waals surface area contributed by atoms with Gasteiger partial charge in [0.2, 0.25) is 21.8 Å². The van der Waals surface area contributed by atoms with Crippen LogP contribution in [0.4, 0.5) is 10.1 Å². The summed E-state index contributed by atoms with van der Waals surface area (Å²) in [7, 11) is -3.86. The smallest absolute Gasteiger partial charge is 0.244 e. The van der Waals surface area contributed by atoms with Crippen molar-refractivity contribution >= 4 is 39.1 Å². The molecule has 2 aromatic carbocycles. The van der Waals surface area contributed by atoms with E-state index in [9.17, 15) is 22.4 Å². The Labute approximate surface area is 199 Å². The van der Waals surface area contributed by atoms with E-state index < -0.39 is 34.3 Å². The van der Waals surface area contributed by atoms with Crippen LogP contribution in [0.3, 0.4) is 0 Å². The number of carbonyl (C=O) groups is 2. The van der Waals surface area contributed by atoms with Gasteiger partial charge in [-0.05, 0) is 55.3 Å². The van der Waals surface area contributed by atoms with E-state index in [1.165, 1.54) is 17.0 Å². The van der Waals surface area contributed by atoms with Gasteiger partial charge in [-0.3, -0.25) is 13.9 Å². The number of hydrogen-bond acceptors (Lipinski definition) is 4. The fourth-order valence-electron chi connectivity index (χ4n) is 3.13. The van der Waals surface area contributed by atoms with Crippen molar-refractivity contribution in [2.24, 2.45) is 0 Å². The summed E-state index contributed by atoms with van der Waals surface area (Å²) in [4.78, 5) is 27.4. The fraction of sp³-hybridized carbons (Fsp3) is 0.391. The minimum atomic E-state index is -3.86. The minimum Gasteiger partial charge on any atom is -0.354 e. The first kappa shape index (κ1) is 26.6. The average Bonchev–Trinajstić information content (AvgIpc) is 2.76. The average molecular weight is 498 g/mol. The highest BCUT2D eigenvalue weighted by atomic mass is 35.5. The summed E-state index contributed by atoms with van der Waals surface area (Å²) < 4.78 is 39.1. The van der Waals surface area contributed by atoms with Gasteiger partial charge in [-0.2, -0.15) is 0 Å². The van der Waals surface area contributed by atoms with Gasteiger partial charge in [0.25, 0.3) is 0 Å². The molecule has 2 amide bonds. The van der Waals surface area contributed by atoms with Crippen LogP contribution in [-0.4, -0.2) is 50.5 Å². The number of hydrogen-bond donors (Lipinski definition) is 1. The Balaban J connectivity index is 2.32. The van der Waals surface area contributed by atoms with Crippen LogP contribution in [-0.2, 0) is 26.2 Å². The lowest BCUT2D eigenvalue weighted by Crippen LogP contribution is -2.51. The lowest BCUT2D eigenvalue weighted by molar-refractivity contribution is -0.139. The summed E-state index contributed by atoms with van der Waals surface area (Å²) in [6.07, 6.45) is 2.67. The van der Waals surface area contributed by atoms with Crippen molar-refractivity contribution in [3.63, 3.8) is 0 Å². The molecule has 0 fully saturated rings. The van der Waals surface area contributed by atoms with Crippen LogP contribution in [0, 0.1) is 5.82 Å². The van der Waals surface area contributed by atoms with E-state index in [0.29, 0.717) is 11.6 Å². The van der Waals surface area contributed by atoms with Gasteiger partial charge in [-0.25, -0.2) is 12.8 Å². The molecule has 0 spiro atoms. The second-order valence-electron chi connectivity index (χ2n) is 7.71. The molecule has 1 N–H and O–H groups in total. The SMILES string of the molecule is CCCCNC(=O)[C@@H](C)N(Cc1ccc(Cl)cc1)C(=O)CN(c1ccc(F)cc1)S(C)(=O)=O. The number of nitrogens with zero attached hydrogens (tertiary/aromatic N) is 2. The van der Waals surface area contributed by atoms with Gasteiger partial charge in [-0.1, -0.05) is 37.1 Å². The molecule has 0 aliphatic rings. The normalized spacial score (nSPS) is 12.2. The summed E-state index contributed by atoms with van der Waals surface area (Å²) in [6, 6.07) is 10.8. The second-order valence-corrected chi connectivity index (χ2v) is 10.1. The van der Waals surface area contributed by atoms with Crippen molar-refractivity contribution in [1.82, 2.24) is 10.2 Å².